The molecule has 2 heterocycles. The summed E-state index contributed by atoms with van der Waals surface area (Å²) in [6.07, 6.45) is 2.05. The third-order valence-electron chi connectivity index (χ3n) is 3.48. The van der Waals surface area contributed by atoms with Crippen molar-refractivity contribution in [3.8, 4) is 5.75 Å². The van der Waals surface area contributed by atoms with E-state index in [1.54, 1.807) is 24.0 Å². The number of carbonyl (C=O) groups excluding carboxylic acids is 1. The van der Waals surface area contributed by atoms with Gasteiger partial charge in [-0.3, -0.25) is 4.79 Å². The van der Waals surface area contributed by atoms with E-state index in [2.05, 4.69) is 4.98 Å². The van der Waals surface area contributed by atoms with Crippen molar-refractivity contribution in [3.63, 3.8) is 0 Å². The van der Waals surface area contributed by atoms with Crippen LogP contribution in [0.25, 0.3) is 0 Å². The van der Waals surface area contributed by atoms with Crippen LogP contribution in [-0.2, 0) is 0 Å². The SMILES string of the molecule is Cc1ocnc1C(=O)N1CCC(Oc2cccc(Cl)c2)C1. The summed E-state index contributed by atoms with van der Waals surface area (Å²) in [6, 6.07) is 7.27. The predicted molar refractivity (Wildman–Crippen MR) is 77.6 cm³/mol. The molecule has 2 aromatic rings. The molecule has 0 saturated carbocycles. The summed E-state index contributed by atoms with van der Waals surface area (Å²) in [4.78, 5) is 18.0. The Morgan fingerprint density at radius 1 is 1.52 bits per heavy atom. The Morgan fingerprint density at radius 2 is 2.38 bits per heavy atom. The van der Waals surface area contributed by atoms with Gasteiger partial charge >= 0.3 is 0 Å². The van der Waals surface area contributed by atoms with Crippen LogP contribution in [0, 0.1) is 6.92 Å². The molecule has 21 heavy (non-hydrogen) atoms. The maximum Gasteiger partial charge on any atom is 0.276 e. The summed E-state index contributed by atoms with van der Waals surface area (Å²) in [6.45, 7) is 2.92. The molecule has 0 radical (unpaired) electrons. The standard InChI is InChI=1S/C15H15ClN2O3/c1-10-14(17-9-20-10)15(19)18-6-5-13(8-18)21-12-4-2-3-11(16)7-12/h2-4,7,9,13H,5-6,8H2,1H3. The van der Waals surface area contributed by atoms with Crippen molar-refractivity contribution >= 4 is 17.5 Å². The van der Waals surface area contributed by atoms with Gasteiger partial charge < -0.3 is 14.1 Å². The Bertz CT molecular complexity index is 656. The van der Waals surface area contributed by atoms with Crippen LogP contribution < -0.4 is 4.74 Å². The summed E-state index contributed by atoms with van der Waals surface area (Å²) in [5, 5.41) is 0.636. The van der Waals surface area contributed by atoms with Crippen LogP contribution >= 0.6 is 11.6 Å². The third-order valence-corrected chi connectivity index (χ3v) is 3.71. The summed E-state index contributed by atoms with van der Waals surface area (Å²) in [7, 11) is 0. The highest BCUT2D eigenvalue weighted by molar-refractivity contribution is 6.30. The number of nitrogens with zero attached hydrogens (tertiary/aromatic N) is 2. The molecule has 0 aliphatic carbocycles. The molecule has 3 rings (SSSR count). The lowest BCUT2D eigenvalue weighted by Gasteiger charge is -2.16. The van der Waals surface area contributed by atoms with Crippen LogP contribution in [0.2, 0.25) is 5.02 Å². The first-order valence-corrected chi connectivity index (χ1v) is 7.13. The minimum Gasteiger partial charge on any atom is -0.488 e. The molecule has 1 aromatic carbocycles. The Morgan fingerprint density at radius 3 is 3.10 bits per heavy atom. The lowest BCUT2D eigenvalue weighted by Crippen LogP contribution is -2.31. The summed E-state index contributed by atoms with van der Waals surface area (Å²) in [5.41, 5.74) is 0.374. The molecule has 1 fully saturated rings. The van der Waals surface area contributed by atoms with E-state index in [-0.39, 0.29) is 12.0 Å². The van der Waals surface area contributed by atoms with Crippen LogP contribution in [0.1, 0.15) is 22.7 Å². The Balaban J connectivity index is 1.63. The normalized spacial score (nSPS) is 18.0. The number of benzene rings is 1. The molecule has 1 unspecified atom stereocenters. The zero-order valence-corrected chi connectivity index (χ0v) is 12.3. The van der Waals surface area contributed by atoms with Gasteiger partial charge in [-0.15, -0.1) is 0 Å². The number of hydrogen-bond donors (Lipinski definition) is 0. The summed E-state index contributed by atoms with van der Waals surface area (Å²) >= 11 is 5.93. The van der Waals surface area contributed by atoms with Crippen LogP contribution in [0.4, 0.5) is 0 Å². The highest BCUT2D eigenvalue weighted by Crippen LogP contribution is 2.22. The van der Waals surface area contributed by atoms with E-state index >= 15 is 0 Å². The van der Waals surface area contributed by atoms with Crippen molar-refractivity contribution in [1.29, 1.82) is 0 Å². The molecule has 0 N–H and O–H groups in total. The van der Waals surface area contributed by atoms with E-state index in [1.165, 1.54) is 6.39 Å². The fraction of sp³-hybridized carbons (Fsp3) is 0.333. The van der Waals surface area contributed by atoms with Crippen molar-refractivity contribution in [1.82, 2.24) is 9.88 Å². The highest BCUT2D eigenvalue weighted by atomic mass is 35.5. The summed E-state index contributed by atoms with van der Waals surface area (Å²) in [5.74, 6) is 1.15. The average Bonchev–Trinajstić information content (AvgIpc) is 3.07. The minimum atomic E-state index is -0.113. The number of halogens is 1. The lowest BCUT2D eigenvalue weighted by molar-refractivity contribution is 0.0765. The molecule has 1 aliphatic heterocycles. The Hall–Kier alpha value is -2.01. The average molecular weight is 307 g/mol. The van der Waals surface area contributed by atoms with Gasteiger partial charge in [0.1, 0.15) is 17.6 Å². The van der Waals surface area contributed by atoms with Crippen molar-refractivity contribution in [2.75, 3.05) is 13.1 Å². The topological polar surface area (TPSA) is 55.6 Å². The fourth-order valence-electron chi connectivity index (χ4n) is 2.40. The molecule has 5 nitrogen and oxygen atoms in total. The van der Waals surface area contributed by atoms with Crippen LogP contribution in [0.3, 0.4) is 0 Å². The zero-order valence-electron chi connectivity index (χ0n) is 11.6. The zero-order chi connectivity index (χ0) is 14.8. The monoisotopic (exact) mass is 306 g/mol. The fourth-order valence-corrected chi connectivity index (χ4v) is 2.58. The first-order chi connectivity index (χ1) is 10.1. The van der Waals surface area contributed by atoms with Gasteiger partial charge in [-0.1, -0.05) is 17.7 Å². The van der Waals surface area contributed by atoms with E-state index in [0.29, 0.717) is 29.6 Å². The minimum absolute atomic E-state index is 0.0281. The maximum absolute atomic E-state index is 12.3. The molecule has 1 amide bonds. The second kappa shape index (κ2) is 5.77. The number of oxazole rings is 1. The van der Waals surface area contributed by atoms with Gasteiger partial charge in [0.05, 0.1) is 6.54 Å². The first-order valence-electron chi connectivity index (χ1n) is 6.75. The van der Waals surface area contributed by atoms with E-state index in [1.807, 2.05) is 12.1 Å². The van der Waals surface area contributed by atoms with Crippen molar-refractivity contribution < 1.29 is 13.9 Å². The smallest absolute Gasteiger partial charge is 0.276 e. The van der Waals surface area contributed by atoms with Gasteiger partial charge in [-0.25, -0.2) is 4.98 Å². The number of rotatable bonds is 3. The summed E-state index contributed by atoms with van der Waals surface area (Å²) < 4.78 is 10.9. The van der Waals surface area contributed by atoms with Crippen molar-refractivity contribution in [2.45, 2.75) is 19.4 Å². The van der Waals surface area contributed by atoms with Crippen LogP contribution in [0.5, 0.6) is 5.75 Å². The number of amides is 1. The molecular weight excluding hydrogens is 292 g/mol. The Kier molecular flexibility index (Phi) is 3.84. The molecule has 0 spiro atoms. The number of aryl methyl sites for hydroxylation is 1. The molecule has 6 heteroatoms. The molecule has 1 aromatic heterocycles. The van der Waals surface area contributed by atoms with E-state index in [0.717, 1.165) is 12.2 Å². The molecule has 0 bridgehead atoms. The van der Waals surface area contributed by atoms with Gasteiger partial charge in [0, 0.05) is 18.0 Å². The Labute approximate surface area is 127 Å². The van der Waals surface area contributed by atoms with Gasteiger partial charge in [-0.2, -0.15) is 0 Å². The van der Waals surface area contributed by atoms with E-state index in [4.69, 9.17) is 20.8 Å². The van der Waals surface area contributed by atoms with Gasteiger partial charge in [0.15, 0.2) is 12.1 Å². The van der Waals surface area contributed by atoms with Crippen LogP contribution in [0.15, 0.2) is 35.1 Å². The molecule has 1 aliphatic rings. The molecule has 1 atom stereocenters. The van der Waals surface area contributed by atoms with Gasteiger partial charge in [0.2, 0.25) is 0 Å². The van der Waals surface area contributed by atoms with Gasteiger partial charge in [0.25, 0.3) is 5.91 Å². The number of likely N-dealkylation sites (tertiary alicyclic amines) is 1. The van der Waals surface area contributed by atoms with E-state index < -0.39 is 0 Å². The second-order valence-corrected chi connectivity index (χ2v) is 5.43. The molecular formula is C15H15ClN2O3. The highest BCUT2D eigenvalue weighted by Gasteiger charge is 2.30. The number of carbonyl (C=O) groups is 1. The van der Waals surface area contributed by atoms with Gasteiger partial charge in [-0.05, 0) is 25.1 Å². The largest absolute Gasteiger partial charge is 0.488 e. The molecule has 1 saturated heterocycles. The maximum atomic E-state index is 12.3. The van der Waals surface area contributed by atoms with Crippen molar-refractivity contribution in [2.24, 2.45) is 0 Å². The van der Waals surface area contributed by atoms with Crippen LogP contribution in [-0.4, -0.2) is 35.0 Å². The number of hydrogen-bond acceptors (Lipinski definition) is 4. The lowest BCUT2D eigenvalue weighted by atomic mass is 10.3. The third kappa shape index (κ3) is 3.03. The first kappa shape index (κ1) is 13.9. The quantitative estimate of drug-likeness (QED) is 0.875. The molecule has 110 valence electrons. The second-order valence-electron chi connectivity index (χ2n) is 4.99. The number of aromatic nitrogens is 1. The van der Waals surface area contributed by atoms with Crippen molar-refractivity contribution in [3.05, 3.63) is 47.1 Å². The van der Waals surface area contributed by atoms with E-state index in [9.17, 15) is 4.79 Å². The number of ether oxygens (including phenoxy) is 1. The predicted octanol–water partition coefficient (Wildman–Crippen LogP) is 2.93.